The predicted octanol–water partition coefficient (Wildman–Crippen LogP) is 4.56. The van der Waals surface area contributed by atoms with Gasteiger partial charge in [-0.2, -0.15) is 0 Å². The van der Waals surface area contributed by atoms with Crippen LogP contribution in [-0.4, -0.2) is 12.5 Å². The molecule has 0 radical (unpaired) electrons. The molecule has 3 heteroatoms. The summed E-state index contributed by atoms with van der Waals surface area (Å²) in [6.07, 6.45) is 6.11. The number of rotatable bonds is 9. The van der Waals surface area contributed by atoms with Crippen molar-refractivity contribution in [2.75, 3.05) is 6.54 Å². The third-order valence-electron chi connectivity index (χ3n) is 3.31. The van der Waals surface area contributed by atoms with Crippen LogP contribution in [0.1, 0.15) is 51.5 Å². The Morgan fingerprint density at radius 2 is 1.85 bits per heavy atom. The van der Waals surface area contributed by atoms with E-state index in [0.717, 1.165) is 31.7 Å². The van der Waals surface area contributed by atoms with Crippen LogP contribution in [0.2, 0.25) is 0 Å². The lowest BCUT2D eigenvalue weighted by atomic mass is 10.1. The van der Waals surface area contributed by atoms with Crippen molar-refractivity contribution in [1.82, 2.24) is 5.32 Å². The molecule has 0 aliphatic rings. The average Bonchev–Trinajstić information content (AvgIpc) is 2.40. The molecule has 1 aromatic rings. The molecule has 0 saturated carbocycles. The van der Waals surface area contributed by atoms with E-state index in [1.807, 2.05) is 0 Å². The minimum absolute atomic E-state index is 0.194. The Bertz CT molecular complexity index is 386. The molecular formula is C17H26INO. The number of unbranched alkanes of at least 4 members (excludes halogenated alkanes) is 1. The summed E-state index contributed by atoms with van der Waals surface area (Å²) in [4.78, 5) is 11.7. The van der Waals surface area contributed by atoms with Gasteiger partial charge in [0.05, 0.1) is 0 Å². The highest BCUT2D eigenvalue weighted by Crippen LogP contribution is 2.09. The van der Waals surface area contributed by atoms with Crippen molar-refractivity contribution in [3.63, 3.8) is 0 Å². The first-order valence-electron chi connectivity index (χ1n) is 7.59. The van der Waals surface area contributed by atoms with Crippen LogP contribution in [0.15, 0.2) is 24.3 Å². The molecule has 112 valence electrons. The average molecular weight is 387 g/mol. The predicted molar refractivity (Wildman–Crippen MR) is 93.8 cm³/mol. The van der Waals surface area contributed by atoms with Gasteiger partial charge >= 0.3 is 0 Å². The van der Waals surface area contributed by atoms with Gasteiger partial charge in [0.15, 0.2) is 0 Å². The SMILES string of the molecule is CC(C)CCCCNC(=O)CCCc1ccc(I)cc1. The summed E-state index contributed by atoms with van der Waals surface area (Å²) in [5.74, 6) is 0.958. The summed E-state index contributed by atoms with van der Waals surface area (Å²) in [6, 6.07) is 8.52. The topological polar surface area (TPSA) is 29.1 Å². The van der Waals surface area contributed by atoms with E-state index in [9.17, 15) is 4.79 Å². The summed E-state index contributed by atoms with van der Waals surface area (Å²) < 4.78 is 1.26. The molecule has 0 saturated heterocycles. The number of nitrogens with one attached hydrogen (secondary N) is 1. The first-order chi connectivity index (χ1) is 9.58. The van der Waals surface area contributed by atoms with Gasteiger partial charge in [-0.15, -0.1) is 0 Å². The van der Waals surface area contributed by atoms with Crippen molar-refractivity contribution >= 4 is 28.5 Å². The molecule has 0 atom stereocenters. The van der Waals surface area contributed by atoms with Crippen molar-refractivity contribution < 1.29 is 4.79 Å². The number of halogens is 1. The smallest absolute Gasteiger partial charge is 0.220 e. The summed E-state index contributed by atoms with van der Waals surface area (Å²) >= 11 is 2.31. The highest BCUT2D eigenvalue weighted by atomic mass is 127. The highest BCUT2D eigenvalue weighted by molar-refractivity contribution is 14.1. The summed E-state index contributed by atoms with van der Waals surface area (Å²) in [5.41, 5.74) is 1.31. The van der Waals surface area contributed by atoms with Crippen LogP contribution in [0.5, 0.6) is 0 Å². The zero-order valence-corrected chi connectivity index (χ0v) is 14.8. The fourth-order valence-electron chi connectivity index (χ4n) is 2.10. The van der Waals surface area contributed by atoms with Gasteiger partial charge in [0.1, 0.15) is 0 Å². The maximum Gasteiger partial charge on any atom is 0.220 e. The molecule has 0 aromatic heterocycles. The van der Waals surface area contributed by atoms with Crippen molar-refractivity contribution in [2.45, 2.75) is 52.4 Å². The van der Waals surface area contributed by atoms with Gasteiger partial charge < -0.3 is 5.32 Å². The minimum Gasteiger partial charge on any atom is -0.356 e. The van der Waals surface area contributed by atoms with E-state index in [2.05, 4.69) is 66.0 Å². The van der Waals surface area contributed by atoms with Gasteiger partial charge in [0.25, 0.3) is 0 Å². The summed E-state index contributed by atoms with van der Waals surface area (Å²) in [5, 5.41) is 3.01. The van der Waals surface area contributed by atoms with Crippen molar-refractivity contribution in [1.29, 1.82) is 0 Å². The molecular weight excluding hydrogens is 361 g/mol. The van der Waals surface area contributed by atoms with E-state index in [4.69, 9.17) is 0 Å². The lowest BCUT2D eigenvalue weighted by Gasteiger charge is -2.07. The first kappa shape index (κ1) is 17.5. The van der Waals surface area contributed by atoms with E-state index in [-0.39, 0.29) is 5.91 Å². The quantitative estimate of drug-likeness (QED) is 0.489. The Labute approximate surface area is 136 Å². The van der Waals surface area contributed by atoms with Crippen LogP contribution < -0.4 is 5.32 Å². The van der Waals surface area contributed by atoms with E-state index >= 15 is 0 Å². The number of carbonyl (C=O) groups is 1. The van der Waals surface area contributed by atoms with E-state index < -0.39 is 0 Å². The Morgan fingerprint density at radius 1 is 1.15 bits per heavy atom. The minimum atomic E-state index is 0.194. The molecule has 1 rings (SSSR count). The molecule has 1 amide bonds. The van der Waals surface area contributed by atoms with Crippen LogP contribution >= 0.6 is 22.6 Å². The monoisotopic (exact) mass is 387 g/mol. The molecule has 0 fully saturated rings. The van der Waals surface area contributed by atoms with Gasteiger partial charge in [0.2, 0.25) is 5.91 Å². The second-order valence-electron chi connectivity index (χ2n) is 5.72. The van der Waals surface area contributed by atoms with Crippen LogP contribution in [0.25, 0.3) is 0 Å². The fourth-order valence-corrected chi connectivity index (χ4v) is 2.46. The maximum absolute atomic E-state index is 11.7. The Balaban J connectivity index is 2.04. The molecule has 0 bridgehead atoms. The van der Waals surface area contributed by atoms with Gasteiger partial charge in [-0.25, -0.2) is 0 Å². The molecule has 0 spiro atoms. The van der Waals surface area contributed by atoms with Gasteiger partial charge in [0, 0.05) is 16.5 Å². The molecule has 0 heterocycles. The van der Waals surface area contributed by atoms with Gasteiger partial charge in [-0.3, -0.25) is 4.79 Å². The van der Waals surface area contributed by atoms with E-state index in [0.29, 0.717) is 6.42 Å². The van der Waals surface area contributed by atoms with Crippen LogP contribution in [0.3, 0.4) is 0 Å². The third-order valence-corrected chi connectivity index (χ3v) is 4.03. The molecule has 2 nitrogen and oxygen atoms in total. The molecule has 0 aliphatic heterocycles. The fraction of sp³-hybridized carbons (Fsp3) is 0.588. The standard InChI is InChI=1S/C17H26INO/c1-14(2)6-3-4-13-19-17(20)8-5-7-15-9-11-16(18)12-10-15/h9-12,14H,3-8,13H2,1-2H3,(H,19,20). The van der Waals surface area contributed by atoms with Gasteiger partial charge in [-0.05, 0) is 65.5 Å². The normalized spacial score (nSPS) is 10.8. The Morgan fingerprint density at radius 3 is 2.50 bits per heavy atom. The lowest BCUT2D eigenvalue weighted by molar-refractivity contribution is -0.121. The first-order valence-corrected chi connectivity index (χ1v) is 8.67. The summed E-state index contributed by atoms with van der Waals surface area (Å²) in [6.45, 7) is 5.31. The molecule has 20 heavy (non-hydrogen) atoms. The zero-order valence-electron chi connectivity index (χ0n) is 12.6. The van der Waals surface area contributed by atoms with Crippen LogP contribution in [0.4, 0.5) is 0 Å². The zero-order chi connectivity index (χ0) is 14.8. The second kappa shape index (κ2) is 10.2. The largest absolute Gasteiger partial charge is 0.356 e. The number of amides is 1. The molecule has 0 unspecified atom stereocenters. The third kappa shape index (κ3) is 8.56. The van der Waals surface area contributed by atoms with Crippen molar-refractivity contribution in [2.24, 2.45) is 5.92 Å². The number of hydrogen-bond donors (Lipinski definition) is 1. The Hall–Kier alpha value is -0.580. The summed E-state index contributed by atoms with van der Waals surface area (Å²) in [7, 11) is 0. The molecule has 1 N–H and O–H groups in total. The number of carbonyl (C=O) groups excluding carboxylic acids is 1. The van der Waals surface area contributed by atoms with E-state index in [1.165, 1.54) is 22.0 Å². The number of benzene rings is 1. The number of aryl methyl sites for hydroxylation is 1. The highest BCUT2D eigenvalue weighted by Gasteiger charge is 2.01. The lowest BCUT2D eigenvalue weighted by Crippen LogP contribution is -2.24. The Kier molecular flexibility index (Phi) is 8.90. The van der Waals surface area contributed by atoms with E-state index in [1.54, 1.807) is 0 Å². The van der Waals surface area contributed by atoms with Crippen molar-refractivity contribution in [3.8, 4) is 0 Å². The van der Waals surface area contributed by atoms with Crippen molar-refractivity contribution in [3.05, 3.63) is 33.4 Å². The molecule has 1 aromatic carbocycles. The van der Waals surface area contributed by atoms with Crippen LogP contribution in [0, 0.1) is 9.49 Å². The van der Waals surface area contributed by atoms with Gasteiger partial charge in [-0.1, -0.05) is 38.8 Å². The molecule has 0 aliphatic carbocycles. The maximum atomic E-state index is 11.7. The second-order valence-corrected chi connectivity index (χ2v) is 6.97. The number of hydrogen-bond acceptors (Lipinski definition) is 1. The van der Waals surface area contributed by atoms with Crippen LogP contribution in [-0.2, 0) is 11.2 Å².